The minimum atomic E-state index is -4.08. The first-order valence-electron chi connectivity index (χ1n) is 7.56. The monoisotopic (exact) mass is 293 g/mol. The maximum Gasteiger partial charge on any atom is 0.389 e. The maximum absolute atomic E-state index is 12.4. The summed E-state index contributed by atoms with van der Waals surface area (Å²) in [7, 11) is 0. The largest absolute Gasteiger partial charge is 0.389 e. The molecule has 0 spiro atoms. The van der Waals surface area contributed by atoms with Crippen LogP contribution in [-0.2, 0) is 4.79 Å². The zero-order chi connectivity index (χ0) is 15.3. The molecule has 1 N–H and O–H groups in total. The van der Waals surface area contributed by atoms with Crippen LogP contribution < -0.4 is 5.32 Å². The van der Waals surface area contributed by atoms with Gasteiger partial charge in [0.25, 0.3) is 0 Å². The summed E-state index contributed by atoms with van der Waals surface area (Å²) in [5.74, 6) is -0.222. The third kappa shape index (κ3) is 6.14. The molecule has 0 aliphatic heterocycles. The van der Waals surface area contributed by atoms with Gasteiger partial charge in [-0.15, -0.1) is 0 Å². The van der Waals surface area contributed by atoms with Crippen molar-refractivity contribution in [2.75, 3.05) is 0 Å². The molecule has 20 heavy (non-hydrogen) atoms. The van der Waals surface area contributed by atoms with Gasteiger partial charge in [0.15, 0.2) is 0 Å². The summed E-state index contributed by atoms with van der Waals surface area (Å²) >= 11 is 0. The van der Waals surface area contributed by atoms with Gasteiger partial charge in [0.1, 0.15) is 0 Å². The van der Waals surface area contributed by atoms with E-state index in [0.717, 1.165) is 25.7 Å². The van der Waals surface area contributed by atoms with E-state index >= 15 is 0 Å². The lowest BCUT2D eigenvalue weighted by Gasteiger charge is -2.23. The number of hydrogen-bond donors (Lipinski definition) is 1. The molecule has 3 atom stereocenters. The smallest absolute Gasteiger partial charge is 0.354 e. The Morgan fingerprint density at radius 1 is 1.15 bits per heavy atom. The molecule has 1 aliphatic carbocycles. The molecule has 0 aromatic heterocycles. The van der Waals surface area contributed by atoms with Crippen molar-refractivity contribution in [1.29, 1.82) is 0 Å². The predicted molar refractivity (Wildman–Crippen MR) is 73.2 cm³/mol. The third-order valence-corrected chi connectivity index (χ3v) is 4.17. The third-order valence-electron chi connectivity index (χ3n) is 4.17. The van der Waals surface area contributed by atoms with Gasteiger partial charge in [0, 0.05) is 18.4 Å². The van der Waals surface area contributed by atoms with Gasteiger partial charge in [-0.25, -0.2) is 0 Å². The predicted octanol–water partition coefficient (Wildman–Crippen LogP) is 4.30. The lowest BCUT2D eigenvalue weighted by molar-refractivity contribution is -0.147. The van der Waals surface area contributed by atoms with Crippen LogP contribution in [0.15, 0.2) is 0 Å². The van der Waals surface area contributed by atoms with E-state index in [0.29, 0.717) is 6.42 Å². The quantitative estimate of drug-likeness (QED) is 0.769. The van der Waals surface area contributed by atoms with Crippen molar-refractivity contribution in [3.63, 3.8) is 0 Å². The minimum absolute atomic E-state index is 0.0273. The Hall–Kier alpha value is -0.740. The molecule has 1 rings (SSSR count). The highest BCUT2D eigenvalue weighted by atomic mass is 19.4. The topological polar surface area (TPSA) is 29.1 Å². The van der Waals surface area contributed by atoms with Crippen molar-refractivity contribution in [1.82, 2.24) is 5.32 Å². The molecule has 0 bridgehead atoms. The molecule has 118 valence electrons. The minimum Gasteiger partial charge on any atom is -0.354 e. The van der Waals surface area contributed by atoms with Gasteiger partial charge in [0.2, 0.25) is 5.91 Å². The van der Waals surface area contributed by atoms with Crippen molar-refractivity contribution < 1.29 is 18.0 Å². The van der Waals surface area contributed by atoms with Crippen LogP contribution in [0.25, 0.3) is 0 Å². The van der Waals surface area contributed by atoms with Crippen LogP contribution in [0.3, 0.4) is 0 Å². The Bertz CT molecular complexity index is 315. The molecular weight excluding hydrogens is 267 g/mol. The average molecular weight is 293 g/mol. The van der Waals surface area contributed by atoms with Crippen molar-refractivity contribution in [2.24, 2.45) is 17.8 Å². The number of carbonyl (C=O) groups excluding carboxylic acids is 1. The number of amides is 1. The van der Waals surface area contributed by atoms with E-state index in [9.17, 15) is 18.0 Å². The molecule has 0 aromatic rings. The van der Waals surface area contributed by atoms with E-state index in [1.165, 1.54) is 0 Å². The van der Waals surface area contributed by atoms with Gasteiger partial charge >= 0.3 is 6.18 Å². The summed E-state index contributed by atoms with van der Waals surface area (Å²) in [5.41, 5.74) is 0. The lowest BCUT2D eigenvalue weighted by atomic mass is 9.85. The number of rotatable bonds is 4. The molecule has 0 aromatic carbocycles. The molecule has 1 fully saturated rings. The fourth-order valence-electron chi connectivity index (χ4n) is 3.10. The fraction of sp³-hybridized carbons (Fsp3) is 0.933. The second-order valence-corrected chi connectivity index (χ2v) is 6.43. The van der Waals surface area contributed by atoms with Crippen molar-refractivity contribution in [3.05, 3.63) is 0 Å². The molecule has 3 unspecified atom stereocenters. The molecule has 0 heterocycles. The van der Waals surface area contributed by atoms with Gasteiger partial charge < -0.3 is 5.32 Å². The summed E-state index contributed by atoms with van der Waals surface area (Å²) in [6.07, 6.45) is -0.890. The van der Waals surface area contributed by atoms with Gasteiger partial charge in [0.05, 0.1) is 0 Å². The van der Waals surface area contributed by atoms with Crippen molar-refractivity contribution in [2.45, 2.75) is 71.5 Å². The lowest BCUT2D eigenvalue weighted by Crippen LogP contribution is -2.35. The Morgan fingerprint density at radius 2 is 1.80 bits per heavy atom. The van der Waals surface area contributed by atoms with Crippen LogP contribution in [0, 0.1) is 17.8 Å². The van der Waals surface area contributed by atoms with E-state index in [2.05, 4.69) is 5.32 Å². The van der Waals surface area contributed by atoms with E-state index in [4.69, 9.17) is 0 Å². The second kappa shape index (κ2) is 7.32. The van der Waals surface area contributed by atoms with E-state index < -0.39 is 12.6 Å². The van der Waals surface area contributed by atoms with Crippen LogP contribution in [0.1, 0.15) is 59.3 Å². The molecule has 1 saturated carbocycles. The molecule has 1 amide bonds. The first-order chi connectivity index (χ1) is 9.19. The number of hydrogen-bond acceptors (Lipinski definition) is 1. The van der Waals surface area contributed by atoms with Crippen LogP contribution in [-0.4, -0.2) is 18.1 Å². The summed E-state index contributed by atoms with van der Waals surface area (Å²) in [6.45, 7) is 5.53. The van der Waals surface area contributed by atoms with Gasteiger partial charge in [-0.2, -0.15) is 13.2 Å². The van der Waals surface area contributed by atoms with Crippen LogP contribution >= 0.6 is 0 Å². The second-order valence-electron chi connectivity index (χ2n) is 6.43. The van der Waals surface area contributed by atoms with Crippen molar-refractivity contribution >= 4 is 5.91 Å². The van der Waals surface area contributed by atoms with Gasteiger partial charge in [-0.1, -0.05) is 19.8 Å². The van der Waals surface area contributed by atoms with E-state index in [-0.39, 0.29) is 29.7 Å². The first-order valence-corrected chi connectivity index (χ1v) is 7.56. The highest BCUT2D eigenvalue weighted by Gasteiger charge is 2.34. The Labute approximate surface area is 119 Å². The highest BCUT2D eigenvalue weighted by molar-refractivity contribution is 5.78. The molecular formula is C15H26F3NO. The van der Waals surface area contributed by atoms with E-state index in [1.807, 2.05) is 13.8 Å². The van der Waals surface area contributed by atoms with E-state index in [1.54, 1.807) is 6.92 Å². The van der Waals surface area contributed by atoms with Crippen LogP contribution in [0.4, 0.5) is 13.2 Å². The Balaban J connectivity index is 2.48. The number of halogens is 3. The molecule has 2 nitrogen and oxygen atoms in total. The highest BCUT2D eigenvalue weighted by Crippen LogP contribution is 2.37. The standard InChI is InChI=1S/C15H26F3NO/c1-10(2)19-14(20)13-6-4-5-12(7-8-13)11(3)9-15(16,17)18/h10-13H,4-9H2,1-3H3,(H,19,20). The number of nitrogens with one attached hydrogen (secondary N) is 1. The number of carbonyl (C=O) groups is 1. The maximum atomic E-state index is 12.4. The number of alkyl halides is 3. The Kier molecular flexibility index (Phi) is 6.34. The fourth-order valence-corrected chi connectivity index (χ4v) is 3.10. The summed E-state index contributed by atoms with van der Waals surface area (Å²) in [5, 5.41) is 2.90. The zero-order valence-electron chi connectivity index (χ0n) is 12.6. The first kappa shape index (κ1) is 17.3. The van der Waals surface area contributed by atoms with Gasteiger partial charge in [-0.3, -0.25) is 4.79 Å². The normalized spacial score (nSPS) is 26.1. The van der Waals surface area contributed by atoms with Crippen LogP contribution in [0.2, 0.25) is 0 Å². The van der Waals surface area contributed by atoms with Crippen LogP contribution in [0.5, 0.6) is 0 Å². The molecule has 5 heteroatoms. The SMILES string of the molecule is CC(C)NC(=O)C1CCCC(C(C)CC(F)(F)F)CC1. The Morgan fingerprint density at radius 3 is 2.35 bits per heavy atom. The zero-order valence-corrected chi connectivity index (χ0v) is 12.6. The van der Waals surface area contributed by atoms with Crippen molar-refractivity contribution in [3.8, 4) is 0 Å². The molecule has 0 radical (unpaired) electrons. The summed E-state index contributed by atoms with van der Waals surface area (Å²) in [6, 6.07) is 0.116. The summed E-state index contributed by atoms with van der Waals surface area (Å²) in [4.78, 5) is 12.0. The summed E-state index contributed by atoms with van der Waals surface area (Å²) < 4.78 is 37.3. The molecule has 1 aliphatic rings. The molecule has 0 saturated heterocycles. The average Bonchev–Trinajstić information content (AvgIpc) is 2.50. The van der Waals surface area contributed by atoms with Gasteiger partial charge in [-0.05, 0) is 44.9 Å².